The Kier molecular flexibility index (Phi) is 4.97. The quantitative estimate of drug-likeness (QED) is 0.688. The molecule has 3 aromatic carbocycles. The summed E-state index contributed by atoms with van der Waals surface area (Å²) >= 11 is 0. The second-order valence-electron chi connectivity index (χ2n) is 6.00. The molecule has 1 N–H and O–H groups in total. The standard InChI is InChI=1S/C20H21NO2S/c1-16-8-10-17(11-9-16)5-4-14-21-24(22,23)20-13-12-18-6-2-3-7-19(18)15-20/h2-3,6-13,15,21H,4-5,14H2,1H3. The molecule has 0 bridgehead atoms. The molecule has 24 heavy (non-hydrogen) atoms. The Morgan fingerprint density at radius 3 is 2.33 bits per heavy atom. The third-order valence-corrected chi connectivity index (χ3v) is 5.54. The predicted molar refractivity (Wildman–Crippen MR) is 98.6 cm³/mol. The van der Waals surface area contributed by atoms with Crippen molar-refractivity contribution in [2.75, 3.05) is 6.54 Å². The zero-order valence-corrected chi connectivity index (χ0v) is 14.5. The van der Waals surface area contributed by atoms with E-state index in [4.69, 9.17) is 0 Å². The van der Waals surface area contributed by atoms with Gasteiger partial charge in [0.25, 0.3) is 0 Å². The van der Waals surface area contributed by atoms with Gasteiger partial charge >= 0.3 is 0 Å². The van der Waals surface area contributed by atoms with Crippen molar-refractivity contribution < 1.29 is 8.42 Å². The Bertz CT molecular complexity index is 931. The number of benzene rings is 3. The van der Waals surface area contributed by atoms with Crippen LogP contribution in [0.15, 0.2) is 71.6 Å². The van der Waals surface area contributed by atoms with Crippen molar-refractivity contribution in [3.05, 3.63) is 77.9 Å². The first-order valence-electron chi connectivity index (χ1n) is 8.09. The van der Waals surface area contributed by atoms with Crippen LogP contribution in [0.4, 0.5) is 0 Å². The Labute approximate surface area is 143 Å². The van der Waals surface area contributed by atoms with Crippen molar-refractivity contribution in [1.29, 1.82) is 0 Å². The van der Waals surface area contributed by atoms with Gasteiger partial charge in [-0.15, -0.1) is 0 Å². The minimum Gasteiger partial charge on any atom is -0.211 e. The van der Waals surface area contributed by atoms with Gasteiger partial charge in [-0.3, -0.25) is 0 Å². The average Bonchev–Trinajstić information content (AvgIpc) is 2.60. The molecule has 0 fully saturated rings. The van der Waals surface area contributed by atoms with E-state index in [9.17, 15) is 8.42 Å². The first kappa shape index (κ1) is 16.7. The van der Waals surface area contributed by atoms with Gasteiger partial charge in [0.1, 0.15) is 0 Å². The fraction of sp³-hybridized carbons (Fsp3) is 0.200. The fourth-order valence-corrected chi connectivity index (χ4v) is 3.78. The molecule has 0 aliphatic heterocycles. The third kappa shape index (κ3) is 4.02. The molecule has 0 saturated carbocycles. The Balaban J connectivity index is 1.61. The molecular formula is C20H21NO2S. The van der Waals surface area contributed by atoms with Crippen LogP contribution in [0, 0.1) is 6.92 Å². The molecule has 0 saturated heterocycles. The first-order chi connectivity index (χ1) is 11.5. The van der Waals surface area contributed by atoms with Crippen LogP contribution in [0.25, 0.3) is 10.8 Å². The third-order valence-electron chi connectivity index (χ3n) is 4.09. The van der Waals surface area contributed by atoms with Gasteiger partial charge in [-0.05, 0) is 48.2 Å². The molecule has 3 nitrogen and oxygen atoms in total. The molecule has 0 amide bonds. The van der Waals surface area contributed by atoms with Gasteiger partial charge in [0, 0.05) is 6.54 Å². The summed E-state index contributed by atoms with van der Waals surface area (Å²) in [5.74, 6) is 0. The van der Waals surface area contributed by atoms with Crippen molar-refractivity contribution in [3.8, 4) is 0 Å². The zero-order chi connectivity index (χ0) is 17.0. The van der Waals surface area contributed by atoms with Gasteiger partial charge in [0.15, 0.2) is 0 Å². The Morgan fingerprint density at radius 2 is 1.58 bits per heavy atom. The summed E-state index contributed by atoms with van der Waals surface area (Å²) in [6, 6.07) is 21.3. The van der Waals surface area contributed by atoms with E-state index in [1.807, 2.05) is 30.3 Å². The van der Waals surface area contributed by atoms with Crippen LogP contribution in [0.1, 0.15) is 17.5 Å². The molecule has 0 aromatic heterocycles. The number of hydrogen-bond acceptors (Lipinski definition) is 2. The molecule has 4 heteroatoms. The summed E-state index contributed by atoms with van der Waals surface area (Å²) in [5.41, 5.74) is 2.46. The van der Waals surface area contributed by atoms with E-state index in [0.29, 0.717) is 11.4 Å². The highest BCUT2D eigenvalue weighted by Gasteiger charge is 2.13. The predicted octanol–water partition coefficient (Wildman–Crippen LogP) is 4.06. The molecule has 3 rings (SSSR count). The fourth-order valence-electron chi connectivity index (χ4n) is 2.67. The van der Waals surface area contributed by atoms with Crippen molar-refractivity contribution in [2.24, 2.45) is 0 Å². The highest BCUT2D eigenvalue weighted by molar-refractivity contribution is 7.89. The van der Waals surface area contributed by atoms with E-state index < -0.39 is 10.0 Å². The summed E-state index contributed by atoms with van der Waals surface area (Å²) in [7, 11) is -3.46. The van der Waals surface area contributed by atoms with Crippen LogP contribution in [0.3, 0.4) is 0 Å². The molecule has 0 aliphatic rings. The minimum absolute atomic E-state index is 0.316. The lowest BCUT2D eigenvalue weighted by molar-refractivity contribution is 0.579. The zero-order valence-electron chi connectivity index (χ0n) is 13.7. The van der Waals surface area contributed by atoms with Crippen molar-refractivity contribution in [1.82, 2.24) is 4.72 Å². The van der Waals surface area contributed by atoms with Gasteiger partial charge in [-0.25, -0.2) is 13.1 Å². The van der Waals surface area contributed by atoms with Crippen LogP contribution in [-0.4, -0.2) is 15.0 Å². The summed E-state index contributed by atoms with van der Waals surface area (Å²) < 4.78 is 27.5. The lowest BCUT2D eigenvalue weighted by Gasteiger charge is -2.08. The molecule has 0 atom stereocenters. The smallest absolute Gasteiger partial charge is 0.211 e. The first-order valence-corrected chi connectivity index (χ1v) is 9.57. The molecule has 0 unspecified atom stereocenters. The van der Waals surface area contributed by atoms with E-state index >= 15 is 0 Å². The van der Waals surface area contributed by atoms with E-state index in [2.05, 4.69) is 35.9 Å². The molecule has 0 radical (unpaired) electrons. The van der Waals surface area contributed by atoms with Crippen LogP contribution in [0.5, 0.6) is 0 Å². The lowest BCUT2D eigenvalue weighted by atomic mass is 10.1. The number of nitrogens with one attached hydrogen (secondary N) is 1. The summed E-state index contributed by atoms with van der Waals surface area (Å²) in [6.45, 7) is 2.49. The van der Waals surface area contributed by atoms with Crippen LogP contribution < -0.4 is 4.72 Å². The molecule has 0 spiro atoms. The number of fused-ring (bicyclic) bond motifs is 1. The van der Waals surface area contributed by atoms with Crippen LogP contribution in [0.2, 0.25) is 0 Å². The Hall–Kier alpha value is -2.17. The van der Waals surface area contributed by atoms with E-state index in [-0.39, 0.29) is 0 Å². The van der Waals surface area contributed by atoms with Gasteiger partial charge in [0.05, 0.1) is 4.90 Å². The average molecular weight is 339 g/mol. The number of rotatable bonds is 6. The SMILES string of the molecule is Cc1ccc(CCCNS(=O)(=O)c2ccc3ccccc3c2)cc1. The number of aryl methyl sites for hydroxylation is 2. The maximum absolute atomic E-state index is 12.4. The molecule has 0 aliphatic carbocycles. The monoisotopic (exact) mass is 339 g/mol. The van der Waals surface area contributed by atoms with Gasteiger partial charge in [-0.2, -0.15) is 0 Å². The summed E-state index contributed by atoms with van der Waals surface area (Å²) in [6.07, 6.45) is 1.64. The van der Waals surface area contributed by atoms with E-state index in [0.717, 1.165) is 23.6 Å². The maximum atomic E-state index is 12.4. The van der Waals surface area contributed by atoms with Crippen molar-refractivity contribution >= 4 is 20.8 Å². The second-order valence-corrected chi connectivity index (χ2v) is 7.76. The van der Waals surface area contributed by atoms with E-state index in [1.54, 1.807) is 12.1 Å². The van der Waals surface area contributed by atoms with Gasteiger partial charge < -0.3 is 0 Å². The summed E-state index contributed by atoms with van der Waals surface area (Å²) in [5, 5.41) is 1.97. The Morgan fingerprint density at radius 1 is 0.875 bits per heavy atom. The van der Waals surface area contributed by atoms with Crippen molar-refractivity contribution in [2.45, 2.75) is 24.7 Å². The number of sulfonamides is 1. The highest BCUT2D eigenvalue weighted by atomic mass is 32.2. The molecular weight excluding hydrogens is 318 g/mol. The largest absolute Gasteiger partial charge is 0.240 e. The van der Waals surface area contributed by atoms with Gasteiger partial charge in [0.2, 0.25) is 10.0 Å². The lowest BCUT2D eigenvalue weighted by Crippen LogP contribution is -2.25. The van der Waals surface area contributed by atoms with Gasteiger partial charge in [-0.1, -0.05) is 60.2 Å². The summed E-state index contributed by atoms with van der Waals surface area (Å²) in [4.78, 5) is 0.316. The van der Waals surface area contributed by atoms with Crippen molar-refractivity contribution in [3.63, 3.8) is 0 Å². The maximum Gasteiger partial charge on any atom is 0.240 e. The van der Waals surface area contributed by atoms with Crippen LogP contribution >= 0.6 is 0 Å². The normalized spacial score (nSPS) is 11.7. The number of hydrogen-bond donors (Lipinski definition) is 1. The van der Waals surface area contributed by atoms with Crippen LogP contribution in [-0.2, 0) is 16.4 Å². The second kappa shape index (κ2) is 7.16. The topological polar surface area (TPSA) is 46.2 Å². The minimum atomic E-state index is -3.46. The molecule has 3 aromatic rings. The highest BCUT2D eigenvalue weighted by Crippen LogP contribution is 2.18. The molecule has 124 valence electrons. The van der Waals surface area contributed by atoms with E-state index in [1.165, 1.54) is 11.1 Å². The molecule has 0 heterocycles.